The highest BCUT2D eigenvalue weighted by atomic mass is 19.1. The molecule has 35 heavy (non-hydrogen) atoms. The summed E-state index contributed by atoms with van der Waals surface area (Å²) in [6.45, 7) is 4.41. The zero-order valence-electron chi connectivity index (χ0n) is 20.5. The van der Waals surface area contributed by atoms with Gasteiger partial charge in [0.05, 0.1) is 5.56 Å². The standard InChI is InChI=1S/C30H34F2O3/c1-3-5-15-34-25-11-13-26(14-12-25)35-30(33)24-18-27(31)29(28(32)19-24)23-10-9-21-16-20(6-4-2)7-8-22(21)17-23/h3-6,11-14,18-23H,7-10,15-17H2,1-2H3/b5-3+,6-4+. The van der Waals surface area contributed by atoms with Crippen LogP contribution in [0, 0.1) is 29.4 Å². The third kappa shape index (κ3) is 6.19. The molecule has 2 aromatic rings. The lowest BCUT2D eigenvalue weighted by Crippen LogP contribution is -2.30. The average molecular weight is 481 g/mol. The molecule has 4 unspecified atom stereocenters. The molecule has 4 rings (SSSR count). The van der Waals surface area contributed by atoms with E-state index in [0.29, 0.717) is 30.1 Å². The molecule has 2 saturated carbocycles. The highest BCUT2D eigenvalue weighted by Crippen LogP contribution is 2.48. The summed E-state index contributed by atoms with van der Waals surface area (Å²) >= 11 is 0. The molecule has 0 aromatic heterocycles. The lowest BCUT2D eigenvalue weighted by atomic mass is 9.63. The summed E-state index contributed by atoms with van der Waals surface area (Å²) in [5.74, 6) is 0.465. The fourth-order valence-corrected chi connectivity index (χ4v) is 5.74. The van der Waals surface area contributed by atoms with Crippen molar-refractivity contribution in [2.24, 2.45) is 17.8 Å². The molecule has 0 heterocycles. The highest BCUT2D eigenvalue weighted by Gasteiger charge is 2.37. The maximum Gasteiger partial charge on any atom is 0.343 e. The van der Waals surface area contributed by atoms with Crippen LogP contribution >= 0.6 is 0 Å². The molecule has 0 saturated heterocycles. The lowest BCUT2D eigenvalue weighted by Gasteiger charge is -2.42. The number of hydrogen-bond acceptors (Lipinski definition) is 3. The summed E-state index contributed by atoms with van der Waals surface area (Å²) in [4.78, 5) is 12.6. The van der Waals surface area contributed by atoms with E-state index in [9.17, 15) is 4.79 Å². The fourth-order valence-electron chi connectivity index (χ4n) is 5.74. The van der Waals surface area contributed by atoms with Gasteiger partial charge in [-0.15, -0.1) is 0 Å². The van der Waals surface area contributed by atoms with E-state index in [-0.39, 0.29) is 22.8 Å². The Morgan fingerprint density at radius 3 is 2.26 bits per heavy atom. The first-order valence-corrected chi connectivity index (χ1v) is 12.7. The minimum Gasteiger partial charge on any atom is -0.490 e. The average Bonchev–Trinajstić information content (AvgIpc) is 2.85. The molecular formula is C30H34F2O3. The van der Waals surface area contributed by atoms with Crippen molar-refractivity contribution < 1.29 is 23.0 Å². The summed E-state index contributed by atoms with van der Waals surface area (Å²) in [7, 11) is 0. The summed E-state index contributed by atoms with van der Waals surface area (Å²) in [5, 5.41) is 0. The molecule has 2 aliphatic carbocycles. The first-order valence-electron chi connectivity index (χ1n) is 12.7. The second-order valence-corrected chi connectivity index (χ2v) is 9.72. The van der Waals surface area contributed by atoms with E-state index < -0.39 is 17.6 Å². The molecule has 5 heteroatoms. The topological polar surface area (TPSA) is 35.5 Å². The van der Waals surface area contributed by atoms with Crippen LogP contribution in [0.1, 0.15) is 74.2 Å². The smallest absolute Gasteiger partial charge is 0.343 e. The van der Waals surface area contributed by atoms with Crippen molar-refractivity contribution in [2.75, 3.05) is 6.61 Å². The predicted molar refractivity (Wildman–Crippen MR) is 134 cm³/mol. The van der Waals surface area contributed by atoms with Gasteiger partial charge in [-0.25, -0.2) is 13.6 Å². The molecule has 186 valence electrons. The number of allylic oxidation sites excluding steroid dienone is 3. The molecule has 2 fully saturated rings. The van der Waals surface area contributed by atoms with Gasteiger partial charge in [0.15, 0.2) is 0 Å². The van der Waals surface area contributed by atoms with Gasteiger partial charge < -0.3 is 9.47 Å². The number of benzene rings is 2. The predicted octanol–water partition coefficient (Wildman–Crippen LogP) is 8.02. The van der Waals surface area contributed by atoms with Crippen LogP contribution in [0.25, 0.3) is 0 Å². The molecule has 4 atom stereocenters. The van der Waals surface area contributed by atoms with E-state index in [4.69, 9.17) is 9.47 Å². The first-order chi connectivity index (χ1) is 17.0. The molecule has 0 radical (unpaired) electrons. The van der Waals surface area contributed by atoms with E-state index in [2.05, 4.69) is 19.1 Å². The molecule has 0 spiro atoms. The van der Waals surface area contributed by atoms with Crippen LogP contribution in [-0.4, -0.2) is 12.6 Å². The quantitative estimate of drug-likeness (QED) is 0.229. The van der Waals surface area contributed by atoms with Gasteiger partial charge in [0, 0.05) is 5.56 Å². The number of esters is 1. The second-order valence-electron chi connectivity index (χ2n) is 9.72. The van der Waals surface area contributed by atoms with Gasteiger partial charge in [0.2, 0.25) is 0 Å². The molecule has 2 aromatic carbocycles. The normalized spacial score (nSPS) is 24.5. The van der Waals surface area contributed by atoms with Gasteiger partial charge in [0.25, 0.3) is 0 Å². The van der Waals surface area contributed by atoms with Gasteiger partial charge in [-0.2, -0.15) is 0 Å². The van der Waals surface area contributed by atoms with Crippen molar-refractivity contribution in [3.8, 4) is 11.5 Å². The molecular weight excluding hydrogens is 446 g/mol. The van der Waals surface area contributed by atoms with E-state index in [1.54, 1.807) is 24.3 Å². The number of carbonyl (C=O) groups is 1. The van der Waals surface area contributed by atoms with E-state index in [0.717, 1.165) is 44.2 Å². The van der Waals surface area contributed by atoms with Crippen LogP contribution < -0.4 is 9.47 Å². The summed E-state index contributed by atoms with van der Waals surface area (Å²) < 4.78 is 41.0. The molecule has 0 amide bonds. The van der Waals surface area contributed by atoms with Gasteiger partial charge in [-0.1, -0.05) is 24.3 Å². The Hall–Kier alpha value is -2.95. The third-order valence-corrected chi connectivity index (χ3v) is 7.46. The lowest BCUT2D eigenvalue weighted by molar-refractivity contribution is 0.0733. The van der Waals surface area contributed by atoms with Gasteiger partial charge in [0.1, 0.15) is 29.7 Å². The van der Waals surface area contributed by atoms with Crippen LogP contribution in [-0.2, 0) is 0 Å². The van der Waals surface area contributed by atoms with Crippen LogP contribution in [0.3, 0.4) is 0 Å². The van der Waals surface area contributed by atoms with Gasteiger partial charge in [-0.05, 0) is 112 Å². The van der Waals surface area contributed by atoms with Crippen molar-refractivity contribution in [1.29, 1.82) is 0 Å². The third-order valence-electron chi connectivity index (χ3n) is 7.46. The van der Waals surface area contributed by atoms with Crippen LogP contribution in [0.2, 0.25) is 0 Å². The maximum absolute atomic E-state index is 15.1. The SMILES string of the molecule is C/C=C/COc1ccc(OC(=O)c2cc(F)c(C3CCC4CC(/C=C/C)CCC4C3)c(F)c2)cc1. The molecule has 0 N–H and O–H groups in total. The zero-order valence-corrected chi connectivity index (χ0v) is 20.5. The Balaban J connectivity index is 1.40. The van der Waals surface area contributed by atoms with E-state index in [1.165, 1.54) is 6.42 Å². The largest absolute Gasteiger partial charge is 0.490 e. The molecule has 0 bridgehead atoms. The Kier molecular flexibility index (Phi) is 8.37. The first kappa shape index (κ1) is 25.2. The van der Waals surface area contributed by atoms with Crippen molar-refractivity contribution in [3.05, 3.63) is 83.5 Å². The van der Waals surface area contributed by atoms with Gasteiger partial charge in [-0.3, -0.25) is 0 Å². The fraction of sp³-hybridized carbons (Fsp3) is 0.433. The number of fused-ring (bicyclic) bond motifs is 1. The summed E-state index contributed by atoms with van der Waals surface area (Å²) in [5.41, 5.74) is -0.00378. The number of ether oxygens (including phenoxy) is 2. The second kappa shape index (κ2) is 11.7. The molecule has 2 aliphatic rings. The minimum atomic E-state index is -0.789. The zero-order chi connectivity index (χ0) is 24.8. The van der Waals surface area contributed by atoms with Gasteiger partial charge >= 0.3 is 5.97 Å². The Morgan fingerprint density at radius 2 is 1.57 bits per heavy atom. The number of halogens is 2. The van der Waals surface area contributed by atoms with E-state index >= 15 is 8.78 Å². The van der Waals surface area contributed by atoms with Crippen LogP contribution in [0.4, 0.5) is 8.78 Å². The highest BCUT2D eigenvalue weighted by molar-refractivity contribution is 5.91. The number of rotatable bonds is 7. The van der Waals surface area contributed by atoms with Crippen LogP contribution in [0.15, 0.2) is 60.7 Å². The summed E-state index contributed by atoms with van der Waals surface area (Å²) in [6, 6.07) is 8.77. The summed E-state index contributed by atoms with van der Waals surface area (Å²) in [6.07, 6.45) is 14.2. The van der Waals surface area contributed by atoms with Crippen molar-refractivity contribution in [1.82, 2.24) is 0 Å². The number of hydrogen-bond donors (Lipinski definition) is 0. The number of carbonyl (C=O) groups excluding carboxylic acids is 1. The van der Waals surface area contributed by atoms with Crippen LogP contribution in [0.5, 0.6) is 11.5 Å². The van der Waals surface area contributed by atoms with Crippen molar-refractivity contribution >= 4 is 5.97 Å². The van der Waals surface area contributed by atoms with Crippen molar-refractivity contribution in [3.63, 3.8) is 0 Å². The monoisotopic (exact) mass is 480 g/mol. The molecule has 3 nitrogen and oxygen atoms in total. The Labute approximate surface area is 206 Å². The Bertz CT molecular complexity index is 1050. The van der Waals surface area contributed by atoms with E-state index in [1.807, 2.05) is 19.1 Å². The maximum atomic E-state index is 15.1. The minimum absolute atomic E-state index is 0.123. The molecule has 0 aliphatic heterocycles. The van der Waals surface area contributed by atoms with Crippen molar-refractivity contribution in [2.45, 2.75) is 58.3 Å². The Morgan fingerprint density at radius 1 is 0.914 bits per heavy atom.